The van der Waals surface area contributed by atoms with E-state index in [1.54, 1.807) is 18.6 Å². The molecular formula is C30H34ClF4N7O3S. The molecule has 1 aliphatic carbocycles. The van der Waals surface area contributed by atoms with E-state index in [1.165, 1.54) is 22.9 Å². The van der Waals surface area contributed by atoms with Gasteiger partial charge < -0.3 is 10.2 Å². The molecular weight excluding hydrogens is 650 g/mol. The maximum Gasteiger partial charge on any atom is 0.279 e. The highest BCUT2D eigenvalue weighted by Crippen LogP contribution is 2.31. The molecule has 2 aromatic heterocycles. The molecule has 2 aromatic carbocycles. The molecule has 1 saturated carbocycles. The molecule has 0 atom stereocenters. The van der Waals surface area contributed by atoms with E-state index >= 15 is 13.2 Å². The highest BCUT2D eigenvalue weighted by molar-refractivity contribution is 7.91. The van der Waals surface area contributed by atoms with Crippen LogP contribution >= 0.6 is 12.4 Å². The van der Waals surface area contributed by atoms with Crippen molar-refractivity contribution in [1.82, 2.24) is 24.4 Å². The second kappa shape index (κ2) is 13.9. The van der Waals surface area contributed by atoms with Crippen LogP contribution in [0.2, 0.25) is 0 Å². The minimum atomic E-state index is -4.44. The molecule has 46 heavy (non-hydrogen) atoms. The molecule has 0 amide bonds. The Hall–Kier alpha value is -3.82. The number of nitrogens with one attached hydrogen (secondary N) is 2. The van der Waals surface area contributed by atoms with E-state index in [4.69, 9.17) is 0 Å². The van der Waals surface area contributed by atoms with Crippen LogP contribution in [0.1, 0.15) is 51.1 Å². The van der Waals surface area contributed by atoms with Crippen LogP contribution in [0.4, 0.5) is 29.2 Å². The number of sulfonamides is 1. The largest absolute Gasteiger partial charge is 0.351 e. The summed E-state index contributed by atoms with van der Waals surface area (Å²) in [5.74, 6) is -6.06. The first-order valence-corrected chi connectivity index (χ1v) is 16.0. The van der Waals surface area contributed by atoms with Crippen LogP contribution in [0, 0.1) is 23.3 Å². The van der Waals surface area contributed by atoms with Gasteiger partial charge in [-0.2, -0.15) is 4.98 Å². The van der Waals surface area contributed by atoms with Gasteiger partial charge in [0, 0.05) is 23.7 Å². The number of nitrogens with zero attached hydrogens (tertiary/aromatic N) is 5. The van der Waals surface area contributed by atoms with Crippen LogP contribution < -0.4 is 15.6 Å². The summed E-state index contributed by atoms with van der Waals surface area (Å²) in [5, 5.41) is 3.32. The van der Waals surface area contributed by atoms with E-state index in [-0.39, 0.29) is 35.2 Å². The average Bonchev–Trinajstić information content (AvgIpc) is 2.98. The van der Waals surface area contributed by atoms with Gasteiger partial charge in [0.1, 0.15) is 22.7 Å². The van der Waals surface area contributed by atoms with Crippen molar-refractivity contribution in [2.45, 2.75) is 63.4 Å². The van der Waals surface area contributed by atoms with Gasteiger partial charge in [-0.25, -0.2) is 35.9 Å². The van der Waals surface area contributed by atoms with Crippen molar-refractivity contribution in [1.29, 1.82) is 0 Å². The topological polar surface area (TPSA) is 122 Å². The Morgan fingerprint density at radius 3 is 2.26 bits per heavy atom. The highest BCUT2D eigenvalue weighted by atomic mass is 35.5. The number of fused-ring (bicyclic) bond motifs is 1. The third kappa shape index (κ3) is 7.42. The molecule has 248 valence electrons. The summed E-state index contributed by atoms with van der Waals surface area (Å²) in [5.41, 5.74) is -3.13. The molecule has 0 aliphatic heterocycles. The van der Waals surface area contributed by atoms with Gasteiger partial charge >= 0.3 is 0 Å². The van der Waals surface area contributed by atoms with Gasteiger partial charge in [-0.05, 0) is 77.4 Å². The van der Waals surface area contributed by atoms with Crippen LogP contribution in [-0.2, 0) is 15.8 Å². The summed E-state index contributed by atoms with van der Waals surface area (Å²) in [7, 11) is -0.331. The molecule has 4 aromatic rings. The molecule has 2 heterocycles. The number of hydrogen-bond acceptors (Lipinski definition) is 8. The van der Waals surface area contributed by atoms with Crippen molar-refractivity contribution in [2.75, 3.05) is 24.1 Å². The van der Waals surface area contributed by atoms with E-state index in [2.05, 4.69) is 39.3 Å². The predicted octanol–water partition coefficient (Wildman–Crippen LogP) is 5.64. The van der Waals surface area contributed by atoms with Gasteiger partial charge in [0.15, 0.2) is 23.1 Å². The van der Waals surface area contributed by atoms with Crippen LogP contribution in [0.25, 0.3) is 22.4 Å². The normalized spacial score (nSPS) is 16.9. The fourth-order valence-electron chi connectivity index (χ4n) is 5.50. The van der Waals surface area contributed by atoms with Gasteiger partial charge in [-0.3, -0.25) is 14.1 Å². The van der Waals surface area contributed by atoms with Crippen LogP contribution in [-0.4, -0.2) is 59.0 Å². The maximum absolute atomic E-state index is 15.4. The fourth-order valence-corrected chi connectivity index (χ4v) is 6.70. The van der Waals surface area contributed by atoms with Gasteiger partial charge in [-0.1, -0.05) is 12.1 Å². The third-order valence-electron chi connectivity index (χ3n) is 7.85. The van der Waals surface area contributed by atoms with E-state index in [9.17, 15) is 17.6 Å². The van der Waals surface area contributed by atoms with E-state index in [0.29, 0.717) is 18.1 Å². The lowest BCUT2D eigenvalue weighted by Crippen LogP contribution is -2.36. The van der Waals surface area contributed by atoms with Gasteiger partial charge in [0.05, 0.1) is 11.9 Å². The molecule has 5 rings (SSSR count). The number of anilines is 2. The van der Waals surface area contributed by atoms with Gasteiger partial charge in [0.2, 0.25) is 16.0 Å². The highest BCUT2D eigenvalue weighted by Gasteiger charge is 2.28. The van der Waals surface area contributed by atoms with Crippen molar-refractivity contribution in [3.05, 3.63) is 75.7 Å². The number of benzene rings is 2. The van der Waals surface area contributed by atoms with Crippen LogP contribution in [0.15, 0.2) is 41.3 Å². The van der Waals surface area contributed by atoms with E-state index < -0.39 is 67.6 Å². The molecule has 1 aliphatic rings. The molecule has 2 N–H and O–H groups in total. The van der Waals surface area contributed by atoms with Gasteiger partial charge in [0.25, 0.3) is 5.56 Å². The predicted molar refractivity (Wildman–Crippen MR) is 171 cm³/mol. The summed E-state index contributed by atoms with van der Waals surface area (Å²) < 4.78 is 87.2. The summed E-state index contributed by atoms with van der Waals surface area (Å²) in [6.07, 6.45) is 5.18. The molecule has 0 bridgehead atoms. The number of halogens is 5. The third-order valence-corrected chi connectivity index (χ3v) is 9.08. The zero-order valence-electron chi connectivity index (χ0n) is 25.5. The minimum absolute atomic E-state index is 0. The molecule has 0 unspecified atom stereocenters. The Bertz CT molecular complexity index is 1900. The second-order valence-electron chi connectivity index (χ2n) is 11.6. The molecule has 0 radical (unpaired) electrons. The van der Waals surface area contributed by atoms with Crippen molar-refractivity contribution < 1.29 is 26.0 Å². The Morgan fingerprint density at radius 2 is 1.65 bits per heavy atom. The van der Waals surface area contributed by atoms with Crippen molar-refractivity contribution in [3.63, 3.8) is 0 Å². The molecule has 0 spiro atoms. The van der Waals surface area contributed by atoms with E-state index in [1.807, 2.05) is 0 Å². The first-order chi connectivity index (χ1) is 21.2. The molecule has 10 nitrogen and oxygen atoms in total. The zero-order chi connectivity index (χ0) is 32.6. The SMILES string of the molecule is CC(C)n1c(=O)c(-c2cc(F)c(NS(=O)(=O)Cc3ccc(F)cc3)c(F)c2F)nc2cnc(NC3CCC(N(C)C)CC3)nc21.Cl. The Labute approximate surface area is 269 Å². The molecule has 16 heteroatoms. The zero-order valence-corrected chi connectivity index (χ0v) is 27.2. The summed E-state index contributed by atoms with van der Waals surface area (Å²) >= 11 is 0. The maximum atomic E-state index is 15.4. The second-order valence-corrected chi connectivity index (χ2v) is 13.4. The number of aromatic nitrogens is 4. The monoisotopic (exact) mass is 683 g/mol. The van der Waals surface area contributed by atoms with E-state index in [0.717, 1.165) is 37.8 Å². The Morgan fingerprint density at radius 1 is 1.00 bits per heavy atom. The standard InChI is InChI=1S/C30H33F4N7O3S.ClH/c1-16(2)41-28-23(14-35-30(38-28)36-19-9-11-20(12-10-19)40(3)4)37-26(29(41)42)21-13-22(32)27(25(34)24(21)33)39-45(43,44)15-17-5-7-18(31)8-6-17;/h5-8,13-14,16,19-20,39H,9-12,15H2,1-4H3,(H,35,36,38);1H. The van der Waals surface area contributed by atoms with Crippen molar-refractivity contribution in [3.8, 4) is 11.3 Å². The van der Waals surface area contributed by atoms with Gasteiger partial charge in [-0.15, -0.1) is 12.4 Å². The number of hydrogen-bond donors (Lipinski definition) is 2. The Balaban J connectivity index is 0.00000480. The lowest BCUT2D eigenvalue weighted by Gasteiger charge is -2.32. The quantitative estimate of drug-likeness (QED) is 0.172. The lowest BCUT2D eigenvalue weighted by atomic mass is 9.91. The van der Waals surface area contributed by atoms with Crippen LogP contribution in [0.3, 0.4) is 0 Å². The first-order valence-electron chi connectivity index (χ1n) is 14.4. The Kier molecular flexibility index (Phi) is 10.6. The summed E-state index contributed by atoms with van der Waals surface area (Å²) in [4.78, 5) is 28.8. The van der Waals surface area contributed by atoms with Crippen molar-refractivity contribution in [2.24, 2.45) is 0 Å². The number of rotatable bonds is 9. The molecule has 0 saturated heterocycles. The molecule has 1 fully saturated rings. The fraction of sp³-hybridized carbons (Fsp3) is 0.400. The van der Waals surface area contributed by atoms with Crippen LogP contribution in [0.5, 0.6) is 0 Å². The average molecular weight is 684 g/mol. The smallest absolute Gasteiger partial charge is 0.279 e. The lowest BCUT2D eigenvalue weighted by molar-refractivity contribution is 0.221. The summed E-state index contributed by atoms with van der Waals surface area (Å²) in [6.45, 7) is 3.39. The minimum Gasteiger partial charge on any atom is -0.351 e. The summed E-state index contributed by atoms with van der Waals surface area (Å²) in [6, 6.07) is 5.08. The first kappa shape index (κ1) is 35.0. The van der Waals surface area contributed by atoms with Crippen molar-refractivity contribution >= 4 is 45.2 Å².